The molecule has 2 aliphatic rings. The molecule has 3 rings (SSSR count). The molecule has 31 heavy (non-hydrogen) atoms. The quantitative estimate of drug-likeness (QED) is 0.490. The maximum atomic E-state index is 14.8. The van der Waals surface area contributed by atoms with Crippen LogP contribution in [0, 0.1) is 11.6 Å². The minimum absolute atomic E-state index is 0.00461. The van der Waals surface area contributed by atoms with Crippen LogP contribution in [0.3, 0.4) is 0 Å². The van der Waals surface area contributed by atoms with E-state index < -0.39 is 36.2 Å². The number of hydrogen-bond donors (Lipinski definition) is 2. The van der Waals surface area contributed by atoms with Crippen LogP contribution in [0.25, 0.3) is 0 Å². The Kier molecular flexibility index (Phi) is 7.00. The summed E-state index contributed by atoms with van der Waals surface area (Å²) in [5.74, 6) is -3.34. The lowest BCUT2D eigenvalue weighted by molar-refractivity contribution is -0.132. The van der Waals surface area contributed by atoms with E-state index in [1.54, 1.807) is 0 Å². The molecular weight excluding hydrogens is 446 g/mol. The van der Waals surface area contributed by atoms with Crippen molar-refractivity contribution in [2.75, 3.05) is 49.1 Å². The molecule has 2 fully saturated rings. The molecule has 1 aromatic carbocycles. The van der Waals surface area contributed by atoms with Gasteiger partial charge in [0.2, 0.25) is 0 Å². The fourth-order valence-electron chi connectivity index (χ4n) is 3.19. The van der Waals surface area contributed by atoms with Gasteiger partial charge in [0.25, 0.3) is 5.91 Å². The second kappa shape index (κ2) is 9.51. The van der Waals surface area contributed by atoms with Gasteiger partial charge >= 0.3 is 12.5 Å². The molecule has 0 aliphatic carbocycles. The Morgan fingerprint density at radius 3 is 2.55 bits per heavy atom. The number of hydrogen-bond acceptors (Lipinski definition) is 6. The van der Waals surface area contributed by atoms with Crippen molar-refractivity contribution in [1.82, 2.24) is 10.4 Å². The lowest BCUT2D eigenvalue weighted by atomic mass is 10.2. The predicted molar refractivity (Wildman–Crippen MR) is 105 cm³/mol. The summed E-state index contributed by atoms with van der Waals surface area (Å²) < 4.78 is 59.1. The van der Waals surface area contributed by atoms with Crippen LogP contribution in [0.15, 0.2) is 12.1 Å². The fraction of sp³-hybridized carbons (Fsp3) is 0.471. The first-order valence-corrected chi connectivity index (χ1v) is 9.56. The highest BCUT2D eigenvalue weighted by Gasteiger charge is 2.34. The Bertz CT molecular complexity index is 854. The summed E-state index contributed by atoms with van der Waals surface area (Å²) in [5.41, 5.74) is 5.09. The van der Waals surface area contributed by atoms with Gasteiger partial charge in [0.1, 0.15) is 11.8 Å². The summed E-state index contributed by atoms with van der Waals surface area (Å²) >= 11 is 4.83. The number of halogens is 4. The number of nitrogens with one attached hydrogen (secondary N) is 1. The van der Waals surface area contributed by atoms with Gasteiger partial charge in [0, 0.05) is 25.2 Å². The van der Waals surface area contributed by atoms with Gasteiger partial charge in [-0.05, 0) is 12.2 Å². The summed E-state index contributed by atoms with van der Waals surface area (Å²) in [5, 5.41) is 3.19. The third-order valence-electron chi connectivity index (χ3n) is 4.63. The molecule has 9 nitrogen and oxygen atoms in total. The molecule has 14 heteroatoms. The molecule has 170 valence electrons. The highest BCUT2D eigenvalue weighted by molar-refractivity contribution is 7.80. The molecule has 2 aliphatic heterocycles. The van der Waals surface area contributed by atoms with Gasteiger partial charge in [-0.2, -0.15) is 8.78 Å². The summed E-state index contributed by atoms with van der Waals surface area (Å²) in [6, 6.07) is 1.94. The maximum absolute atomic E-state index is 14.8. The zero-order chi connectivity index (χ0) is 22.7. The van der Waals surface area contributed by atoms with Crippen molar-refractivity contribution < 1.29 is 36.7 Å². The van der Waals surface area contributed by atoms with E-state index in [0.29, 0.717) is 0 Å². The molecule has 0 aromatic heterocycles. The second-order valence-corrected chi connectivity index (χ2v) is 7.10. The van der Waals surface area contributed by atoms with Gasteiger partial charge in [-0.3, -0.25) is 14.5 Å². The molecule has 0 unspecified atom stereocenters. The number of thiocarbonyl (C=S) groups is 1. The monoisotopic (exact) mass is 465 g/mol. The number of benzene rings is 1. The minimum atomic E-state index is -3.21. The van der Waals surface area contributed by atoms with E-state index >= 15 is 0 Å². The number of hydroxylamine groups is 2. The lowest BCUT2D eigenvalue weighted by Gasteiger charge is -2.24. The van der Waals surface area contributed by atoms with Crippen LogP contribution in [0.2, 0.25) is 0 Å². The Morgan fingerprint density at radius 1 is 1.26 bits per heavy atom. The van der Waals surface area contributed by atoms with Crippen LogP contribution in [0.4, 0.5) is 33.7 Å². The number of rotatable bonds is 5. The van der Waals surface area contributed by atoms with E-state index in [-0.39, 0.29) is 55.8 Å². The minimum Gasteiger partial charge on any atom is -0.442 e. The van der Waals surface area contributed by atoms with E-state index in [1.807, 2.05) is 5.32 Å². The zero-order valence-electron chi connectivity index (χ0n) is 16.0. The van der Waals surface area contributed by atoms with Gasteiger partial charge in [0.15, 0.2) is 16.7 Å². The SMILES string of the molecule is NC(=S)N1CCN(c2c(F)cc(N3C[C@H](CNC(=O)C(F)F)OC3=O)cc2F)CCO1. The van der Waals surface area contributed by atoms with Gasteiger partial charge in [-0.1, -0.05) is 0 Å². The Hall–Kier alpha value is -2.87. The zero-order valence-corrected chi connectivity index (χ0v) is 16.8. The van der Waals surface area contributed by atoms with E-state index in [0.717, 1.165) is 17.0 Å². The van der Waals surface area contributed by atoms with Crippen molar-refractivity contribution in [2.24, 2.45) is 5.73 Å². The number of alkyl halides is 2. The molecule has 2 amide bonds. The highest BCUT2D eigenvalue weighted by atomic mass is 32.1. The molecule has 2 saturated heterocycles. The molecule has 3 N–H and O–H groups in total. The number of carbonyl (C=O) groups excluding carboxylic acids is 2. The van der Waals surface area contributed by atoms with E-state index in [2.05, 4.69) is 0 Å². The summed E-state index contributed by atoms with van der Waals surface area (Å²) in [6.07, 6.45) is -5.08. The first-order chi connectivity index (χ1) is 14.7. The van der Waals surface area contributed by atoms with Crippen LogP contribution in [0.5, 0.6) is 0 Å². The van der Waals surface area contributed by atoms with Gasteiger partial charge in [-0.15, -0.1) is 0 Å². The number of nitrogens with zero attached hydrogens (tertiary/aromatic N) is 3. The topological polar surface area (TPSA) is 100 Å². The number of nitrogens with two attached hydrogens (primary N) is 1. The summed E-state index contributed by atoms with van der Waals surface area (Å²) in [6.45, 7) is 0.109. The van der Waals surface area contributed by atoms with Gasteiger partial charge < -0.3 is 20.7 Å². The number of ether oxygens (including phenoxy) is 1. The van der Waals surface area contributed by atoms with Crippen molar-refractivity contribution in [3.8, 4) is 0 Å². The molecule has 2 heterocycles. The number of cyclic esters (lactones) is 1. The second-order valence-electron chi connectivity index (χ2n) is 6.68. The van der Waals surface area contributed by atoms with Crippen LogP contribution in [-0.4, -0.2) is 74.0 Å². The van der Waals surface area contributed by atoms with Crippen molar-refractivity contribution in [3.63, 3.8) is 0 Å². The first kappa shape index (κ1) is 22.8. The van der Waals surface area contributed by atoms with Crippen LogP contribution < -0.4 is 20.9 Å². The maximum Gasteiger partial charge on any atom is 0.414 e. The molecule has 0 radical (unpaired) electrons. The smallest absolute Gasteiger partial charge is 0.414 e. The van der Waals surface area contributed by atoms with Crippen molar-refractivity contribution in [1.29, 1.82) is 0 Å². The fourth-order valence-corrected chi connectivity index (χ4v) is 3.33. The number of amides is 2. The first-order valence-electron chi connectivity index (χ1n) is 9.15. The lowest BCUT2D eigenvalue weighted by Crippen LogP contribution is -2.38. The largest absolute Gasteiger partial charge is 0.442 e. The van der Waals surface area contributed by atoms with E-state index in [4.69, 9.17) is 27.5 Å². The molecule has 0 saturated carbocycles. The van der Waals surface area contributed by atoms with Gasteiger partial charge in [-0.25, -0.2) is 18.6 Å². The molecular formula is C17H19F4N5O4S. The summed E-state index contributed by atoms with van der Waals surface area (Å²) in [4.78, 5) is 30.7. The normalized spacial score (nSPS) is 19.5. The Labute approximate surface area is 179 Å². The molecule has 1 atom stereocenters. The van der Waals surface area contributed by atoms with E-state index in [9.17, 15) is 27.2 Å². The number of carbonyl (C=O) groups is 2. The third kappa shape index (κ3) is 5.25. The van der Waals surface area contributed by atoms with Crippen molar-refractivity contribution in [2.45, 2.75) is 12.5 Å². The van der Waals surface area contributed by atoms with Crippen LogP contribution in [0.1, 0.15) is 0 Å². The third-order valence-corrected chi connectivity index (χ3v) is 4.84. The van der Waals surface area contributed by atoms with Crippen molar-refractivity contribution in [3.05, 3.63) is 23.8 Å². The Morgan fingerprint density at radius 2 is 1.94 bits per heavy atom. The molecule has 0 spiro atoms. The molecule has 0 bridgehead atoms. The Balaban J connectivity index is 1.71. The molecule has 1 aromatic rings. The predicted octanol–water partition coefficient (Wildman–Crippen LogP) is 0.968. The highest BCUT2D eigenvalue weighted by Crippen LogP contribution is 2.31. The summed E-state index contributed by atoms with van der Waals surface area (Å²) in [7, 11) is 0. The number of anilines is 2. The van der Waals surface area contributed by atoms with Crippen LogP contribution >= 0.6 is 12.2 Å². The van der Waals surface area contributed by atoms with E-state index in [1.165, 1.54) is 9.96 Å². The van der Waals surface area contributed by atoms with Crippen LogP contribution in [-0.2, 0) is 14.4 Å². The average molecular weight is 465 g/mol. The average Bonchev–Trinajstić information content (AvgIpc) is 2.90. The van der Waals surface area contributed by atoms with Gasteiger partial charge in [0.05, 0.1) is 31.9 Å². The van der Waals surface area contributed by atoms with Crippen molar-refractivity contribution >= 4 is 40.7 Å². The standard InChI is InChI=1S/C17H19F4N5O4S/c18-11-5-9(25-8-10(30-17(25)28)7-23-15(27)14(20)21)6-12(19)13(11)24-1-2-26(16(22)31)29-4-3-24/h5-6,10,14H,1-4,7-8H2,(H2,22,31)(H,23,27)/t10-/m0/s1.